The third-order valence-corrected chi connectivity index (χ3v) is 5.15. The minimum absolute atomic E-state index is 0.315. The van der Waals surface area contributed by atoms with Gasteiger partial charge in [-0.2, -0.15) is 5.10 Å². The van der Waals surface area contributed by atoms with Crippen LogP contribution < -0.4 is 10.4 Å². The van der Waals surface area contributed by atoms with Gasteiger partial charge >= 0.3 is 11.6 Å². The van der Waals surface area contributed by atoms with Gasteiger partial charge in [0.1, 0.15) is 34.6 Å². The minimum Gasteiger partial charge on any atom is -0.482 e. The van der Waals surface area contributed by atoms with E-state index in [4.69, 9.17) is 22.7 Å². The summed E-state index contributed by atoms with van der Waals surface area (Å²) in [5.41, 5.74) is 0.421. The fourth-order valence-corrected chi connectivity index (χ4v) is 3.56. The van der Waals surface area contributed by atoms with Gasteiger partial charge in [0.2, 0.25) is 0 Å². The Morgan fingerprint density at radius 3 is 2.65 bits per heavy atom. The largest absolute Gasteiger partial charge is 0.482 e. The van der Waals surface area contributed by atoms with Crippen LogP contribution in [0.2, 0.25) is 0 Å². The third-order valence-electron chi connectivity index (χ3n) is 5.15. The van der Waals surface area contributed by atoms with Gasteiger partial charge in [-0.15, -0.1) is 0 Å². The Hall–Kier alpha value is -4.60. The second-order valence-electron chi connectivity index (χ2n) is 7.40. The number of esters is 1. The molecule has 0 saturated carbocycles. The van der Waals surface area contributed by atoms with Crippen molar-refractivity contribution >= 4 is 28.6 Å². The molecule has 0 N–H and O–H groups in total. The van der Waals surface area contributed by atoms with Gasteiger partial charge in [0.05, 0.1) is 12.5 Å². The summed E-state index contributed by atoms with van der Waals surface area (Å²) in [4.78, 5) is 36.3. The van der Waals surface area contributed by atoms with Crippen molar-refractivity contribution in [2.24, 2.45) is 5.10 Å². The Morgan fingerprint density at radius 2 is 1.85 bits per heavy atom. The lowest BCUT2D eigenvalue weighted by Crippen LogP contribution is -2.32. The number of ether oxygens (including phenoxy) is 2. The molecule has 1 amide bonds. The SMILES string of the molecule is O=C(COc1ccc2ccc(=O)oc2c1)OCC(=O)N1N=C(c2ccco2)CC1c1ccco1. The van der Waals surface area contributed by atoms with E-state index in [1.807, 2.05) is 0 Å². The van der Waals surface area contributed by atoms with E-state index in [-0.39, 0.29) is 0 Å². The molecule has 5 rings (SSSR count). The first-order chi connectivity index (χ1) is 16.6. The molecule has 1 aliphatic heterocycles. The fourth-order valence-electron chi connectivity index (χ4n) is 3.56. The predicted octanol–water partition coefficient (Wildman–Crippen LogP) is 3.28. The summed E-state index contributed by atoms with van der Waals surface area (Å²) < 4.78 is 26.4. The van der Waals surface area contributed by atoms with Crippen LogP contribution in [0.5, 0.6) is 5.75 Å². The highest BCUT2D eigenvalue weighted by Crippen LogP contribution is 2.33. The molecule has 4 heterocycles. The molecular weight excluding hydrogens is 444 g/mol. The lowest BCUT2D eigenvalue weighted by Gasteiger charge is -2.19. The van der Waals surface area contributed by atoms with Crippen LogP contribution in [0.4, 0.5) is 0 Å². The van der Waals surface area contributed by atoms with Crippen LogP contribution in [-0.2, 0) is 14.3 Å². The zero-order valence-electron chi connectivity index (χ0n) is 17.7. The van der Waals surface area contributed by atoms with Gasteiger partial charge in [-0.3, -0.25) is 4.79 Å². The first kappa shape index (κ1) is 21.3. The highest BCUT2D eigenvalue weighted by Gasteiger charge is 2.36. The minimum atomic E-state index is -0.744. The average molecular weight is 462 g/mol. The number of amides is 1. The maximum absolute atomic E-state index is 12.8. The normalized spacial score (nSPS) is 15.4. The molecule has 10 nitrogen and oxygen atoms in total. The van der Waals surface area contributed by atoms with E-state index < -0.39 is 36.8 Å². The van der Waals surface area contributed by atoms with Gasteiger partial charge in [-0.05, 0) is 42.5 Å². The topological polar surface area (TPSA) is 125 Å². The number of benzene rings is 1. The highest BCUT2D eigenvalue weighted by atomic mass is 16.6. The molecule has 0 radical (unpaired) electrons. The average Bonchev–Trinajstić information content (AvgIpc) is 3.61. The Balaban J connectivity index is 1.20. The first-order valence-corrected chi connectivity index (χ1v) is 10.4. The molecule has 172 valence electrons. The molecule has 1 aliphatic rings. The van der Waals surface area contributed by atoms with Crippen LogP contribution in [0.15, 0.2) is 90.3 Å². The lowest BCUT2D eigenvalue weighted by molar-refractivity contribution is -0.154. The second-order valence-corrected chi connectivity index (χ2v) is 7.40. The zero-order valence-corrected chi connectivity index (χ0v) is 17.7. The van der Waals surface area contributed by atoms with E-state index in [2.05, 4.69) is 5.10 Å². The molecule has 1 atom stereocenters. The maximum atomic E-state index is 12.8. The van der Waals surface area contributed by atoms with Crippen molar-refractivity contribution in [2.45, 2.75) is 12.5 Å². The number of fused-ring (bicyclic) bond motifs is 1. The van der Waals surface area contributed by atoms with Gasteiger partial charge in [-0.1, -0.05) is 0 Å². The summed E-state index contributed by atoms with van der Waals surface area (Å²) in [6.07, 6.45) is 3.43. The molecule has 0 saturated heterocycles. The Bertz CT molecular complexity index is 1400. The second kappa shape index (κ2) is 9.10. The number of carbonyl (C=O) groups is 2. The summed E-state index contributed by atoms with van der Waals surface area (Å²) in [6, 6.07) is 14.2. The molecule has 4 aromatic rings. The number of hydrogen-bond acceptors (Lipinski definition) is 9. The van der Waals surface area contributed by atoms with Gasteiger partial charge in [0, 0.05) is 23.9 Å². The third kappa shape index (κ3) is 4.46. The number of hydrazone groups is 1. The molecule has 1 aromatic carbocycles. The Labute approximate surface area is 192 Å². The monoisotopic (exact) mass is 462 g/mol. The van der Waals surface area contributed by atoms with E-state index in [0.29, 0.717) is 40.4 Å². The molecule has 0 fully saturated rings. The van der Waals surface area contributed by atoms with Crippen molar-refractivity contribution < 1.29 is 32.3 Å². The van der Waals surface area contributed by atoms with Gasteiger partial charge in [0.15, 0.2) is 13.2 Å². The molecule has 10 heteroatoms. The number of hydrogen-bond donors (Lipinski definition) is 0. The molecule has 0 spiro atoms. The number of carbonyl (C=O) groups excluding carboxylic acids is 2. The summed E-state index contributed by atoms with van der Waals surface area (Å²) in [7, 11) is 0. The van der Waals surface area contributed by atoms with Gasteiger partial charge < -0.3 is 22.7 Å². The van der Waals surface area contributed by atoms with Gasteiger partial charge in [0.25, 0.3) is 5.91 Å². The quantitative estimate of drug-likeness (QED) is 0.303. The van der Waals surface area contributed by atoms with Crippen LogP contribution in [-0.4, -0.2) is 35.8 Å². The van der Waals surface area contributed by atoms with Crippen LogP contribution in [0.25, 0.3) is 11.0 Å². The van der Waals surface area contributed by atoms with Crippen molar-refractivity contribution in [3.8, 4) is 5.75 Å². The van der Waals surface area contributed by atoms with Crippen molar-refractivity contribution in [3.63, 3.8) is 0 Å². The van der Waals surface area contributed by atoms with E-state index in [9.17, 15) is 14.4 Å². The van der Waals surface area contributed by atoms with Crippen molar-refractivity contribution in [2.75, 3.05) is 13.2 Å². The van der Waals surface area contributed by atoms with E-state index in [1.165, 1.54) is 29.7 Å². The fraction of sp³-hybridized carbons (Fsp3) is 0.167. The number of rotatable bonds is 7. The summed E-state index contributed by atoms with van der Waals surface area (Å²) in [6.45, 7) is -0.959. The van der Waals surface area contributed by atoms with Gasteiger partial charge in [-0.25, -0.2) is 14.6 Å². The summed E-state index contributed by atoms with van der Waals surface area (Å²) >= 11 is 0. The molecular formula is C24H18N2O8. The summed E-state index contributed by atoms with van der Waals surface area (Å²) in [5.74, 6) is 0.144. The van der Waals surface area contributed by atoms with E-state index in [0.717, 1.165) is 0 Å². The van der Waals surface area contributed by atoms with Crippen molar-refractivity contribution in [1.29, 1.82) is 0 Å². The predicted molar refractivity (Wildman–Crippen MR) is 117 cm³/mol. The van der Waals surface area contributed by atoms with Crippen molar-refractivity contribution in [3.05, 3.63) is 89.1 Å². The summed E-state index contributed by atoms with van der Waals surface area (Å²) in [5, 5.41) is 6.31. The Kier molecular flexibility index (Phi) is 5.69. The number of nitrogens with zero attached hydrogens (tertiary/aromatic N) is 2. The van der Waals surface area contributed by atoms with E-state index in [1.54, 1.807) is 42.5 Å². The zero-order chi connectivity index (χ0) is 23.5. The number of furan rings is 2. The Morgan fingerprint density at radius 1 is 1.03 bits per heavy atom. The van der Waals surface area contributed by atoms with Crippen LogP contribution in [0.1, 0.15) is 24.0 Å². The first-order valence-electron chi connectivity index (χ1n) is 10.4. The van der Waals surface area contributed by atoms with Crippen LogP contribution in [0.3, 0.4) is 0 Å². The molecule has 0 aliphatic carbocycles. The van der Waals surface area contributed by atoms with E-state index >= 15 is 0 Å². The molecule has 3 aromatic heterocycles. The smallest absolute Gasteiger partial charge is 0.344 e. The van der Waals surface area contributed by atoms with Crippen molar-refractivity contribution in [1.82, 2.24) is 5.01 Å². The van der Waals surface area contributed by atoms with Crippen LogP contribution in [0, 0.1) is 0 Å². The highest BCUT2D eigenvalue weighted by molar-refractivity contribution is 6.01. The lowest BCUT2D eigenvalue weighted by atomic mass is 10.1. The molecule has 34 heavy (non-hydrogen) atoms. The standard InChI is InChI=1S/C24H18N2O8/c27-22(26-18(20-4-2-10-31-20)12-17(25-26)19-3-1-9-30-19)13-33-24(29)14-32-16-7-5-15-6-8-23(28)34-21(15)11-16/h1-11,18H,12-14H2. The van der Waals surface area contributed by atoms with Crippen LogP contribution >= 0.6 is 0 Å². The maximum Gasteiger partial charge on any atom is 0.344 e. The molecule has 1 unspecified atom stereocenters. The molecule has 0 bridgehead atoms.